The lowest BCUT2D eigenvalue weighted by molar-refractivity contribution is 0.590. The fourth-order valence-electron chi connectivity index (χ4n) is 9.75. The van der Waals surface area contributed by atoms with E-state index in [-0.39, 0.29) is 23.1 Å². The van der Waals surface area contributed by atoms with Crippen LogP contribution in [0.2, 0.25) is 0 Å². The molecule has 11 rings (SSSR count). The van der Waals surface area contributed by atoms with E-state index in [2.05, 4.69) is 205 Å². The number of rotatable bonds is 2. The largest absolute Gasteiger partial charge is 0.456 e. The summed E-state index contributed by atoms with van der Waals surface area (Å²) >= 11 is 0. The second-order valence-corrected chi connectivity index (χ2v) is 19.8. The first-order chi connectivity index (χ1) is 28.2. The van der Waals surface area contributed by atoms with Gasteiger partial charge in [0.1, 0.15) is 22.3 Å². The van der Waals surface area contributed by atoms with Crippen molar-refractivity contribution in [2.45, 2.75) is 78.6 Å². The Hall–Kier alpha value is -6.20. The highest BCUT2D eigenvalue weighted by atomic mass is 16.3. The molecular weight excluding hydrogens is 719 g/mol. The van der Waals surface area contributed by atoms with Crippen molar-refractivity contribution < 1.29 is 8.83 Å². The van der Waals surface area contributed by atoms with Crippen molar-refractivity contribution in [3.05, 3.63) is 150 Å². The average Bonchev–Trinajstić information content (AvgIpc) is 3.78. The molecule has 0 unspecified atom stereocenters. The molecule has 0 bridgehead atoms. The number of hydrogen-bond donors (Lipinski definition) is 0. The van der Waals surface area contributed by atoms with Gasteiger partial charge in [-0.15, -0.1) is 0 Å². The summed E-state index contributed by atoms with van der Waals surface area (Å²) in [5.74, 6) is 0. The van der Waals surface area contributed by atoms with E-state index in [1.807, 2.05) is 0 Å². The van der Waals surface area contributed by atoms with E-state index in [4.69, 9.17) is 8.83 Å². The molecule has 7 aromatic carbocycles. The van der Waals surface area contributed by atoms with Crippen molar-refractivity contribution in [1.82, 2.24) is 0 Å². The van der Waals surface area contributed by atoms with Crippen LogP contribution >= 0.6 is 0 Å². The van der Waals surface area contributed by atoms with E-state index >= 15 is 0 Å². The predicted octanol–water partition coefficient (Wildman–Crippen LogP) is 14.1. The summed E-state index contributed by atoms with van der Waals surface area (Å²) in [6.07, 6.45) is 0. The molecule has 0 saturated carbocycles. The number of para-hydroxylation sites is 2. The highest BCUT2D eigenvalue weighted by Crippen LogP contribution is 2.53. The van der Waals surface area contributed by atoms with Crippen LogP contribution in [0.3, 0.4) is 0 Å². The Morgan fingerprint density at radius 3 is 1.68 bits per heavy atom. The summed E-state index contributed by atoms with van der Waals surface area (Å²) < 4.78 is 13.9. The molecule has 0 atom stereocenters. The topological polar surface area (TPSA) is 32.8 Å². The number of nitrogens with zero attached hydrogens (tertiary/aromatic N) is 2. The average molecular weight is 769 g/mol. The molecule has 2 aromatic heterocycles. The van der Waals surface area contributed by atoms with Gasteiger partial charge in [-0.25, -0.2) is 0 Å². The van der Waals surface area contributed by atoms with Crippen LogP contribution in [0.5, 0.6) is 0 Å². The first-order valence-electron chi connectivity index (χ1n) is 21.0. The molecule has 0 spiro atoms. The summed E-state index contributed by atoms with van der Waals surface area (Å²) in [5, 5.41) is 4.46. The van der Waals surface area contributed by atoms with Crippen LogP contribution in [-0.4, -0.2) is 6.85 Å². The Morgan fingerprint density at radius 2 is 1.03 bits per heavy atom. The molecule has 2 aliphatic rings. The zero-order valence-electron chi connectivity index (χ0n) is 35.5. The van der Waals surface area contributed by atoms with E-state index in [1.54, 1.807) is 0 Å². The van der Waals surface area contributed by atoms with E-state index in [0.717, 1.165) is 77.8 Å². The number of fused-ring (bicyclic) bond motifs is 12. The fraction of sp³-hybridized carbons (Fsp3) is 0.222. The molecule has 4 nitrogen and oxygen atoms in total. The van der Waals surface area contributed by atoms with E-state index in [0.29, 0.717) is 0 Å². The van der Waals surface area contributed by atoms with Crippen molar-refractivity contribution in [2.75, 3.05) is 9.71 Å². The third-order valence-corrected chi connectivity index (χ3v) is 12.9. The van der Waals surface area contributed by atoms with Crippen LogP contribution < -0.4 is 20.6 Å². The monoisotopic (exact) mass is 768 g/mol. The summed E-state index contributed by atoms with van der Waals surface area (Å²) in [5.41, 5.74) is 17.9. The SMILES string of the molecule is CC(C)(C)c1ccc(N2B3c4cc(C(C)(C)C)ccc4N(c4ccc(C(C)(C)C)cc4)c4c3c(cc3oc5ccccc5c43)-c3c2ccc2c3oc3ccccc32)cc1. The first kappa shape index (κ1) is 35.9. The minimum Gasteiger partial charge on any atom is -0.456 e. The number of anilines is 5. The van der Waals surface area contributed by atoms with Crippen molar-refractivity contribution in [2.24, 2.45) is 0 Å². The second-order valence-electron chi connectivity index (χ2n) is 19.8. The minimum atomic E-state index is -0.157. The lowest BCUT2D eigenvalue weighted by Crippen LogP contribution is -2.61. The zero-order valence-corrected chi connectivity index (χ0v) is 35.5. The first-order valence-corrected chi connectivity index (χ1v) is 21.0. The quantitative estimate of drug-likeness (QED) is 0.164. The molecule has 0 N–H and O–H groups in total. The van der Waals surface area contributed by atoms with Crippen molar-refractivity contribution in [1.29, 1.82) is 0 Å². The Bertz CT molecular complexity index is 3170. The fourth-order valence-corrected chi connectivity index (χ4v) is 9.75. The minimum absolute atomic E-state index is 0.0224. The summed E-state index contributed by atoms with van der Waals surface area (Å²) in [6.45, 7) is 20.5. The third kappa shape index (κ3) is 5.29. The molecular formula is C54H49BN2O2. The molecule has 0 radical (unpaired) electrons. The molecule has 0 fully saturated rings. The van der Waals surface area contributed by atoms with Gasteiger partial charge in [0.2, 0.25) is 0 Å². The van der Waals surface area contributed by atoms with Gasteiger partial charge in [-0.05, 0) is 110 Å². The number of furan rings is 2. The maximum absolute atomic E-state index is 6.97. The third-order valence-electron chi connectivity index (χ3n) is 12.9. The Balaban J connectivity index is 1.33. The Kier molecular flexibility index (Phi) is 7.41. The van der Waals surface area contributed by atoms with Crippen molar-refractivity contribution in [3.8, 4) is 11.1 Å². The summed E-state index contributed by atoms with van der Waals surface area (Å²) in [7, 11) is 0. The van der Waals surface area contributed by atoms with E-state index in [9.17, 15) is 0 Å². The van der Waals surface area contributed by atoms with Gasteiger partial charge in [0, 0.05) is 44.5 Å². The predicted molar refractivity (Wildman–Crippen MR) is 251 cm³/mol. The van der Waals surface area contributed by atoms with Gasteiger partial charge in [-0.2, -0.15) is 0 Å². The van der Waals surface area contributed by atoms with Crippen molar-refractivity contribution in [3.63, 3.8) is 0 Å². The van der Waals surface area contributed by atoms with Crippen LogP contribution in [-0.2, 0) is 16.2 Å². The Morgan fingerprint density at radius 1 is 0.475 bits per heavy atom. The maximum atomic E-state index is 6.97. The molecule has 0 aliphatic carbocycles. The van der Waals surface area contributed by atoms with Gasteiger partial charge in [0.25, 0.3) is 0 Å². The summed E-state index contributed by atoms with van der Waals surface area (Å²) in [6, 6.07) is 49.6. The molecule has 5 heteroatoms. The Labute approximate surface area is 347 Å². The molecule has 0 saturated heterocycles. The summed E-state index contributed by atoms with van der Waals surface area (Å²) in [4.78, 5) is 5.12. The van der Waals surface area contributed by atoms with Crippen molar-refractivity contribution >= 4 is 90.1 Å². The van der Waals surface area contributed by atoms with Crippen LogP contribution in [0.25, 0.3) is 55.0 Å². The normalized spacial score (nSPS) is 14.1. The highest BCUT2D eigenvalue weighted by Gasteiger charge is 2.47. The van der Waals surface area contributed by atoms with Crippen LogP contribution in [0.1, 0.15) is 79.0 Å². The maximum Gasteiger partial charge on any atom is 0.333 e. The highest BCUT2D eigenvalue weighted by molar-refractivity contribution is 6.94. The molecule has 4 heterocycles. The number of benzene rings is 7. The van der Waals surface area contributed by atoms with Crippen LogP contribution in [0.15, 0.2) is 142 Å². The van der Waals surface area contributed by atoms with Gasteiger partial charge >= 0.3 is 6.85 Å². The van der Waals surface area contributed by atoms with Gasteiger partial charge in [-0.1, -0.05) is 135 Å². The second kappa shape index (κ2) is 12.2. The molecule has 59 heavy (non-hydrogen) atoms. The lowest BCUT2D eigenvalue weighted by Gasteiger charge is -2.46. The van der Waals surface area contributed by atoms with E-state index < -0.39 is 0 Å². The standard InChI is InChI=1S/C54H49BN2O2/c1-52(2,3)32-18-23-35(24-19-32)56-42-28-22-34(54(7,8)9)30-41(42)55-49-40(31-46-48(50(49)56)39-15-11-13-17-45(39)58-46)47-43(57(55)36-25-20-33(21-26-36)53(4,5)6)29-27-38-37-14-10-12-16-44(37)59-51(38)47/h10-31H,1-9H3. The molecule has 290 valence electrons. The van der Waals surface area contributed by atoms with Gasteiger partial charge < -0.3 is 18.5 Å². The molecule has 2 aliphatic heterocycles. The van der Waals surface area contributed by atoms with Crippen LogP contribution in [0.4, 0.5) is 28.4 Å². The molecule has 0 amide bonds. The van der Waals surface area contributed by atoms with Gasteiger partial charge in [0.05, 0.1) is 11.1 Å². The molecule has 9 aromatic rings. The van der Waals surface area contributed by atoms with Gasteiger partial charge in [0.15, 0.2) is 0 Å². The smallest absolute Gasteiger partial charge is 0.333 e. The number of hydrogen-bond acceptors (Lipinski definition) is 4. The zero-order chi connectivity index (χ0) is 40.7. The van der Waals surface area contributed by atoms with Gasteiger partial charge in [-0.3, -0.25) is 0 Å². The van der Waals surface area contributed by atoms with Crippen LogP contribution in [0, 0.1) is 0 Å². The van der Waals surface area contributed by atoms with E-state index in [1.165, 1.54) is 33.3 Å². The lowest BCUT2D eigenvalue weighted by atomic mass is 9.43.